The van der Waals surface area contributed by atoms with Crippen molar-refractivity contribution in [2.24, 2.45) is 10.9 Å². The van der Waals surface area contributed by atoms with Crippen LogP contribution in [0.25, 0.3) is 0 Å². The van der Waals surface area contributed by atoms with E-state index < -0.39 is 0 Å². The first-order valence-corrected chi connectivity index (χ1v) is 11.4. The molecule has 0 bridgehead atoms. The number of hydrogen-bond donors (Lipinski definition) is 1. The van der Waals surface area contributed by atoms with Gasteiger partial charge in [0.15, 0.2) is 5.96 Å². The number of imidazole rings is 1. The van der Waals surface area contributed by atoms with E-state index in [0.717, 1.165) is 56.8 Å². The average Bonchev–Trinajstić information content (AvgIpc) is 3.46. The minimum Gasteiger partial charge on any atom is -0.378 e. The fourth-order valence-electron chi connectivity index (χ4n) is 4.61. The largest absolute Gasteiger partial charge is 0.378 e. The van der Waals surface area contributed by atoms with Crippen LogP contribution in [-0.4, -0.2) is 53.3 Å². The summed E-state index contributed by atoms with van der Waals surface area (Å²) in [6.07, 6.45) is 12.0. The smallest absolute Gasteiger partial charge is 0.194 e. The van der Waals surface area contributed by atoms with Gasteiger partial charge in [0.2, 0.25) is 0 Å². The monoisotopic (exact) mass is 537 g/mol. The fraction of sp³-hybridized carbons (Fsp3) is 0.583. The topological polar surface area (TPSA) is 54.7 Å². The van der Waals surface area contributed by atoms with E-state index in [4.69, 9.17) is 4.74 Å². The van der Waals surface area contributed by atoms with Crippen LogP contribution in [0.5, 0.6) is 0 Å². The Bertz CT molecular complexity index is 795. The molecule has 0 atom stereocenters. The first-order chi connectivity index (χ1) is 14.8. The van der Waals surface area contributed by atoms with Crippen molar-refractivity contribution in [3.05, 3.63) is 54.1 Å². The van der Waals surface area contributed by atoms with Crippen LogP contribution in [0.4, 0.5) is 0 Å². The third kappa shape index (κ3) is 6.94. The maximum absolute atomic E-state index is 6.22. The van der Waals surface area contributed by atoms with E-state index >= 15 is 0 Å². The summed E-state index contributed by atoms with van der Waals surface area (Å²) < 4.78 is 8.41. The fourth-order valence-corrected chi connectivity index (χ4v) is 4.61. The molecule has 1 saturated carbocycles. The summed E-state index contributed by atoms with van der Waals surface area (Å²) in [6, 6.07) is 10.5. The first kappa shape index (κ1) is 24.0. The number of aliphatic imine (C=N–C) groups is 1. The molecule has 1 aromatic heterocycles. The molecule has 1 saturated heterocycles. The summed E-state index contributed by atoms with van der Waals surface area (Å²) in [5.74, 6) is 2.78. The van der Waals surface area contributed by atoms with E-state index in [2.05, 4.69) is 49.0 Å². The lowest BCUT2D eigenvalue weighted by atomic mass is 10.1. The number of benzene rings is 1. The summed E-state index contributed by atoms with van der Waals surface area (Å²) in [6.45, 7) is 4.45. The predicted molar refractivity (Wildman–Crippen MR) is 136 cm³/mol. The second-order valence-corrected chi connectivity index (χ2v) is 8.53. The van der Waals surface area contributed by atoms with E-state index in [0.29, 0.717) is 12.6 Å². The van der Waals surface area contributed by atoms with Gasteiger partial charge in [-0.15, -0.1) is 24.0 Å². The molecular weight excluding hydrogens is 501 g/mol. The Morgan fingerprint density at radius 1 is 1.13 bits per heavy atom. The zero-order valence-corrected chi connectivity index (χ0v) is 20.9. The maximum atomic E-state index is 6.22. The molecule has 0 unspecified atom stereocenters. The number of piperidine rings is 1. The highest BCUT2D eigenvalue weighted by Gasteiger charge is 2.24. The molecular formula is C24H36IN5O. The number of nitrogens with one attached hydrogen (secondary N) is 1. The molecule has 1 aliphatic heterocycles. The van der Waals surface area contributed by atoms with Gasteiger partial charge in [0.1, 0.15) is 5.82 Å². The maximum Gasteiger partial charge on any atom is 0.194 e. The third-order valence-electron chi connectivity index (χ3n) is 6.40. The van der Waals surface area contributed by atoms with Gasteiger partial charge >= 0.3 is 0 Å². The highest BCUT2D eigenvalue weighted by atomic mass is 127. The number of ether oxygens (including phenoxy) is 1. The summed E-state index contributed by atoms with van der Waals surface area (Å²) in [5.41, 5.74) is 1.28. The Kier molecular flexibility index (Phi) is 9.64. The van der Waals surface area contributed by atoms with Gasteiger partial charge in [-0.1, -0.05) is 43.2 Å². The molecule has 2 fully saturated rings. The van der Waals surface area contributed by atoms with Crippen LogP contribution >= 0.6 is 24.0 Å². The number of nitrogens with zero attached hydrogens (tertiary/aromatic N) is 4. The molecule has 1 aliphatic carbocycles. The summed E-state index contributed by atoms with van der Waals surface area (Å²) in [4.78, 5) is 11.4. The van der Waals surface area contributed by atoms with Crippen LogP contribution in [0.2, 0.25) is 0 Å². The van der Waals surface area contributed by atoms with E-state index in [-0.39, 0.29) is 24.0 Å². The number of halogens is 1. The average molecular weight is 537 g/mol. The predicted octanol–water partition coefficient (Wildman–Crippen LogP) is 4.30. The number of guanidine groups is 1. The second-order valence-electron chi connectivity index (χ2n) is 8.53. The quantitative estimate of drug-likeness (QED) is 0.325. The van der Waals surface area contributed by atoms with Crippen molar-refractivity contribution in [3.63, 3.8) is 0 Å². The Balaban J connectivity index is 0.00000272. The molecule has 2 heterocycles. The van der Waals surface area contributed by atoms with Gasteiger partial charge < -0.3 is 19.5 Å². The molecule has 0 amide bonds. The van der Waals surface area contributed by atoms with Crippen LogP contribution in [0.3, 0.4) is 0 Å². The minimum absolute atomic E-state index is 0. The highest BCUT2D eigenvalue weighted by molar-refractivity contribution is 14.0. The van der Waals surface area contributed by atoms with Crippen molar-refractivity contribution in [1.29, 1.82) is 0 Å². The van der Waals surface area contributed by atoms with Crippen molar-refractivity contribution >= 4 is 29.9 Å². The van der Waals surface area contributed by atoms with Crippen molar-refractivity contribution < 1.29 is 4.74 Å². The highest BCUT2D eigenvalue weighted by Crippen LogP contribution is 2.26. The Hall–Kier alpha value is -1.61. The molecule has 0 radical (unpaired) electrons. The summed E-state index contributed by atoms with van der Waals surface area (Å²) in [7, 11) is 1.86. The van der Waals surface area contributed by atoms with Crippen molar-refractivity contribution in [1.82, 2.24) is 19.8 Å². The molecule has 2 aliphatic rings. The van der Waals surface area contributed by atoms with Gasteiger partial charge in [0.25, 0.3) is 0 Å². The lowest BCUT2D eigenvalue weighted by molar-refractivity contribution is 0.00100. The number of rotatable bonds is 7. The lowest BCUT2D eigenvalue weighted by Crippen LogP contribution is -2.47. The van der Waals surface area contributed by atoms with Gasteiger partial charge in [0.05, 0.1) is 12.6 Å². The number of likely N-dealkylation sites (tertiary alicyclic amines) is 1. The van der Waals surface area contributed by atoms with Gasteiger partial charge in [-0.05, 0) is 37.2 Å². The standard InChI is InChI=1S/C24H35N5O.HI/c1-25-24(28-14-11-22(12-15-28)30-19-21-9-5-6-10-21)27-17-23-26-13-16-29(23)18-20-7-3-2-4-8-20;/h2-4,7-8,13,16,21-22H,5-6,9-12,14-15,17-19H2,1H3,(H,25,27);1H. The first-order valence-electron chi connectivity index (χ1n) is 11.4. The molecule has 31 heavy (non-hydrogen) atoms. The van der Waals surface area contributed by atoms with Crippen LogP contribution in [-0.2, 0) is 17.8 Å². The van der Waals surface area contributed by atoms with Crippen molar-refractivity contribution in [2.45, 2.75) is 57.7 Å². The van der Waals surface area contributed by atoms with Crippen LogP contribution in [0.15, 0.2) is 47.7 Å². The molecule has 1 N–H and O–H groups in total. The van der Waals surface area contributed by atoms with Crippen LogP contribution in [0, 0.1) is 5.92 Å². The summed E-state index contributed by atoms with van der Waals surface area (Å²) >= 11 is 0. The van der Waals surface area contributed by atoms with Gasteiger partial charge in [-0.2, -0.15) is 0 Å². The Morgan fingerprint density at radius 3 is 2.58 bits per heavy atom. The number of aromatic nitrogens is 2. The Morgan fingerprint density at radius 2 is 1.87 bits per heavy atom. The van der Waals surface area contributed by atoms with Gasteiger partial charge in [-0.3, -0.25) is 4.99 Å². The van der Waals surface area contributed by atoms with Gasteiger partial charge in [0, 0.05) is 45.7 Å². The van der Waals surface area contributed by atoms with E-state index in [9.17, 15) is 0 Å². The van der Waals surface area contributed by atoms with E-state index in [1.807, 2.05) is 25.5 Å². The molecule has 4 rings (SSSR count). The lowest BCUT2D eigenvalue weighted by Gasteiger charge is -2.34. The number of hydrogen-bond acceptors (Lipinski definition) is 3. The SMILES string of the molecule is CN=C(NCc1nccn1Cc1ccccc1)N1CCC(OCC2CCCC2)CC1.I. The molecule has 6 nitrogen and oxygen atoms in total. The van der Waals surface area contributed by atoms with E-state index in [1.165, 1.54) is 31.2 Å². The zero-order chi connectivity index (χ0) is 20.6. The second kappa shape index (κ2) is 12.4. The normalized spacial score (nSPS) is 18.2. The third-order valence-corrected chi connectivity index (χ3v) is 6.40. The molecule has 0 spiro atoms. The van der Waals surface area contributed by atoms with Crippen LogP contribution in [0.1, 0.15) is 49.9 Å². The Labute approximate surface area is 203 Å². The van der Waals surface area contributed by atoms with E-state index in [1.54, 1.807) is 0 Å². The molecule has 1 aromatic carbocycles. The minimum atomic E-state index is 0. The molecule has 2 aromatic rings. The van der Waals surface area contributed by atoms with Gasteiger partial charge in [-0.25, -0.2) is 4.98 Å². The molecule has 170 valence electrons. The van der Waals surface area contributed by atoms with Crippen molar-refractivity contribution in [2.75, 3.05) is 26.7 Å². The van der Waals surface area contributed by atoms with Crippen molar-refractivity contribution in [3.8, 4) is 0 Å². The van der Waals surface area contributed by atoms with Crippen LogP contribution < -0.4 is 5.32 Å². The summed E-state index contributed by atoms with van der Waals surface area (Å²) in [5, 5.41) is 3.51. The zero-order valence-electron chi connectivity index (χ0n) is 18.6. The molecule has 7 heteroatoms.